The molecule has 1 saturated heterocycles. The third-order valence-electron chi connectivity index (χ3n) is 5.43. The Kier molecular flexibility index (Phi) is 4.30. The molecule has 1 aliphatic heterocycles. The summed E-state index contributed by atoms with van der Waals surface area (Å²) in [5, 5.41) is 0. The summed E-state index contributed by atoms with van der Waals surface area (Å²) in [6, 6.07) is 13.6. The molecule has 3 nitrogen and oxygen atoms in total. The minimum Gasteiger partial charge on any atom is -0.330 e. The molecule has 2 aromatic carbocycles. The molecule has 0 N–H and O–H groups in total. The molecule has 0 spiro atoms. The Morgan fingerprint density at radius 1 is 1.12 bits per heavy atom. The van der Waals surface area contributed by atoms with Crippen molar-refractivity contribution in [3.05, 3.63) is 65.2 Å². The average Bonchev–Trinajstić information content (AvgIpc) is 2.92. The zero-order valence-corrected chi connectivity index (χ0v) is 14.9. The third kappa shape index (κ3) is 3.19. The summed E-state index contributed by atoms with van der Waals surface area (Å²) >= 11 is 0. The number of piperidine rings is 1. The largest absolute Gasteiger partial charge is 0.330 e. The van der Waals surface area contributed by atoms with Crippen LogP contribution in [-0.4, -0.2) is 27.5 Å². The number of halogens is 1. The van der Waals surface area contributed by atoms with Crippen molar-refractivity contribution in [1.82, 2.24) is 14.5 Å². The van der Waals surface area contributed by atoms with E-state index in [2.05, 4.69) is 41.6 Å². The third-order valence-corrected chi connectivity index (χ3v) is 5.43. The number of aromatic nitrogens is 2. The molecule has 4 heteroatoms. The first kappa shape index (κ1) is 16.3. The normalized spacial score (nSPS) is 16.6. The van der Waals surface area contributed by atoms with Gasteiger partial charge in [0.05, 0.1) is 17.6 Å². The van der Waals surface area contributed by atoms with E-state index in [0.29, 0.717) is 5.92 Å². The van der Waals surface area contributed by atoms with Gasteiger partial charge in [-0.3, -0.25) is 4.90 Å². The molecule has 1 aromatic heterocycles. The molecule has 0 saturated carbocycles. The fraction of sp³-hybridized carbons (Fsp3) is 0.381. The molecule has 0 atom stereocenters. The Morgan fingerprint density at radius 3 is 2.64 bits per heavy atom. The van der Waals surface area contributed by atoms with Crippen LogP contribution in [-0.2, 0) is 13.6 Å². The molecule has 1 fully saturated rings. The van der Waals surface area contributed by atoms with Gasteiger partial charge in [0.2, 0.25) is 0 Å². The zero-order chi connectivity index (χ0) is 17.4. The van der Waals surface area contributed by atoms with Gasteiger partial charge in [-0.15, -0.1) is 0 Å². The molecule has 0 bridgehead atoms. The number of rotatable bonds is 3. The van der Waals surface area contributed by atoms with Crippen LogP contribution in [0.1, 0.15) is 35.7 Å². The summed E-state index contributed by atoms with van der Waals surface area (Å²) in [6.07, 6.45) is 2.01. The van der Waals surface area contributed by atoms with Crippen molar-refractivity contribution in [2.75, 3.05) is 13.1 Å². The molecular formula is C21H24FN3. The van der Waals surface area contributed by atoms with Crippen LogP contribution in [0.5, 0.6) is 0 Å². The maximum atomic E-state index is 14.0. The standard InChI is InChI=1S/C21H24FN3/c1-15-7-8-19-20(13-15)24(2)21(23-19)14-25-11-9-16(10-12-25)17-5-3-4-6-18(17)22/h3-8,13,16H,9-12,14H2,1-2H3. The highest BCUT2D eigenvalue weighted by Gasteiger charge is 2.23. The second kappa shape index (κ2) is 6.60. The molecule has 0 aliphatic carbocycles. The van der Waals surface area contributed by atoms with Crippen molar-refractivity contribution < 1.29 is 4.39 Å². The fourth-order valence-electron chi connectivity index (χ4n) is 3.90. The van der Waals surface area contributed by atoms with E-state index in [0.717, 1.165) is 49.4 Å². The smallest absolute Gasteiger partial charge is 0.126 e. The molecule has 0 amide bonds. The van der Waals surface area contributed by atoms with Crippen molar-refractivity contribution in [2.24, 2.45) is 7.05 Å². The number of aryl methyl sites for hydroxylation is 2. The lowest BCUT2D eigenvalue weighted by atomic mass is 9.89. The Hall–Kier alpha value is -2.20. The van der Waals surface area contributed by atoms with E-state index in [9.17, 15) is 4.39 Å². The van der Waals surface area contributed by atoms with Gasteiger partial charge >= 0.3 is 0 Å². The van der Waals surface area contributed by atoms with Gasteiger partial charge in [0.1, 0.15) is 11.6 Å². The summed E-state index contributed by atoms with van der Waals surface area (Å²) < 4.78 is 16.2. The van der Waals surface area contributed by atoms with E-state index in [-0.39, 0.29) is 5.82 Å². The van der Waals surface area contributed by atoms with Crippen LogP contribution in [0.3, 0.4) is 0 Å². The predicted octanol–water partition coefficient (Wildman–Crippen LogP) is 4.40. The molecular weight excluding hydrogens is 313 g/mol. The Labute approximate surface area is 148 Å². The van der Waals surface area contributed by atoms with Gasteiger partial charge in [-0.1, -0.05) is 24.3 Å². The van der Waals surface area contributed by atoms with Gasteiger partial charge in [0, 0.05) is 7.05 Å². The number of likely N-dealkylation sites (tertiary alicyclic amines) is 1. The van der Waals surface area contributed by atoms with Crippen molar-refractivity contribution in [1.29, 1.82) is 0 Å². The van der Waals surface area contributed by atoms with Gasteiger partial charge in [-0.2, -0.15) is 0 Å². The fourth-order valence-corrected chi connectivity index (χ4v) is 3.90. The highest BCUT2D eigenvalue weighted by atomic mass is 19.1. The van der Waals surface area contributed by atoms with E-state index >= 15 is 0 Å². The number of imidazole rings is 1. The van der Waals surface area contributed by atoms with E-state index < -0.39 is 0 Å². The van der Waals surface area contributed by atoms with Crippen LogP contribution in [0, 0.1) is 12.7 Å². The minimum absolute atomic E-state index is 0.0633. The molecule has 4 rings (SSSR count). The first-order chi connectivity index (χ1) is 12.1. The summed E-state index contributed by atoms with van der Waals surface area (Å²) in [5.41, 5.74) is 4.38. The van der Waals surface area contributed by atoms with E-state index in [1.165, 1.54) is 11.1 Å². The summed E-state index contributed by atoms with van der Waals surface area (Å²) in [4.78, 5) is 7.24. The Morgan fingerprint density at radius 2 is 1.88 bits per heavy atom. The van der Waals surface area contributed by atoms with E-state index in [1.54, 1.807) is 12.1 Å². The maximum Gasteiger partial charge on any atom is 0.126 e. The first-order valence-electron chi connectivity index (χ1n) is 9.00. The van der Waals surface area contributed by atoms with Crippen LogP contribution in [0.25, 0.3) is 11.0 Å². The van der Waals surface area contributed by atoms with Crippen LogP contribution in [0.15, 0.2) is 42.5 Å². The monoisotopic (exact) mass is 337 g/mol. The highest BCUT2D eigenvalue weighted by molar-refractivity contribution is 5.76. The number of hydrogen-bond acceptors (Lipinski definition) is 2. The summed E-state index contributed by atoms with van der Waals surface area (Å²) in [7, 11) is 2.09. The average molecular weight is 337 g/mol. The second-order valence-electron chi connectivity index (χ2n) is 7.15. The topological polar surface area (TPSA) is 21.1 Å². The van der Waals surface area contributed by atoms with Gasteiger partial charge in [0.15, 0.2) is 0 Å². The lowest BCUT2D eigenvalue weighted by Crippen LogP contribution is -2.33. The van der Waals surface area contributed by atoms with E-state index in [1.807, 2.05) is 12.1 Å². The Bertz CT molecular complexity index is 891. The molecule has 130 valence electrons. The maximum absolute atomic E-state index is 14.0. The number of fused-ring (bicyclic) bond motifs is 1. The van der Waals surface area contributed by atoms with Crippen LogP contribution < -0.4 is 0 Å². The second-order valence-corrected chi connectivity index (χ2v) is 7.15. The summed E-state index contributed by atoms with van der Waals surface area (Å²) in [5.74, 6) is 1.37. The first-order valence-corrected chi connectivity index (χ1v) is 9.00. The van der Waals surface area contributed by atoms with E-state index in [4.69, 9.17) is 4.98 Å². The molecule has 3 aromatic rings. The van der Waals surface area contributed by atoms with Crippen molar-refractivity contribution in [2.45, 2.75) is 32.2 Å². The molecule has 0 radical (unpaired) electrons. The SMILES string of the molecule is Cc1ccc2nc(CN3CCC(c4ccccc4F)CC3)n(C)c2c1. The number of hydrogen-bond donors (Lipinski definition) is 0. The van der Waals surface area contributed by atoms with Crippen LogP contribution in [0.4, 0.5) is 4.39 Å². The molecule has 0 unspecified atom stereocenters. The highest BCUT2D eigenvalue weighted by Crippen LogP contribution is 2.30. The number of benzene rings is 2. The van der Waals surface area contributed by atoms with Crippen molar-refractivity contribution in [3.8, 4) is 0 Å². The van der Waals surface area contributed by atoms with Gasteiger partial charge in [-0.05, 0) is 68.1 Å². The number of nitrogens with zero attached hydrogens (tertiary/aromatic N) is 3. The lowest BCUT2D eigenvalue weighted by molar-refractivity contribution is 0.197. The predicted molar refractivity (Wildman–Crippen MR) is 99.1 cm³/mol. The van der Waals surface area contributed by atoms with Gasteiger partial charge in [-0.25, -0.2) is 9.37 Å². The van der Waals surface area contributed by atoms with Gasteiger partial charge in [0.25, 0.3) is 0 Å². The minimum atomic E-state index is -0.0633. The quantitative estimate of drug-likeness (QED) is 0.706. The van der Waals surface area contributed by atoms with Crippen molar-refractivity contribution >= 4 is 11.0 Å². The molecule has 1 aliphatic rings. The van der Waals surface area contributed by atoms with Crippen LogP contribution in [0.2, 0.25) is 0 Å². The van der Waals surface area contributed by atoms with Crippen molar-refractivity contribution in [3.63, 3.8) is 0 Å². The molecule has 25 heavy (non-hydrogen) atoms. The lowest BCUT2D eigenvalue weighted by Gasteiger charge is -2.32. The Balaban J connectivity index is 1.45. The zero-order valence-electron chi connectivity index (χ0n) is 14.9. The van der Waals surface area contributed by atoms with Crippen LogP contribution >= 0.6 is 0 Å². The van der Waals surface area contributed by atoms with Gasteiger partial charge < -0.3 is 4.57 Å². The molecule has 2 heterocycles. The summed E-state index contributed by atoms with van der Waals surface area (Å²) in [6.45, 7) is 4.94.